The molecule has 4 heteroatoms. The van der Waals surface area contributed by atoms with Gasteiger partial charge in [-0.1, -0.05) is 26.0 Å². The maximum atomic E-state index is 11.5. The standard InChI is InChI=1S/C18H25NO3/c1-5-22-17(20)10-7-11-18(13-19,14(2)3)15-8-6-9-16(12-15)21-4/h6,8-9,12,14H,5,7,10-11H2,1-4H3. The maximum absolute atomic E-state index is 11.5. The zero-order chi connectivity index (χ0) is 16.6. The molecule has 0 amide bonds. The number of nitrogens with zero attached hydrogens (tertiary/aromatic N) is 1. The van der Waals surface area contributed by atoms with Gasteiger partial charge in [-0.2, -0.15) is 5.26 Å². The molecule has 0 N–H and O–H groups in total. The molecule has 1 aromatic carbocycles. The number of ether oxygens (including phenoxy) is 2. The van der Waals surface area contributed by atoms with E-state index in [1.54, 1.807) is 14.0 Å². The predicted molar refractivity (Wildman–Crippen MR) is 85.6 cm³/mol. The van der Waals surface area contributed by atoms with Gasteiger partial charge >= 0.3 is 5.97 Å². The summed E-state index contributed by atoms with van der Waals surface area (Å²) in [4.78, 5) is 11.5. The maximum Gasteiger partial charge on any atom is 0.305 e. The molecular formula is C18H25NO3. The SMILES string of the molecule is CCOC(=O)CCCC(C#N)(c1cccc(OC)c1)C(C)C. The van der Waals surface area contributed by atoms with Crippen molar-refractivity contribution in [2.45, 2.75) is 45.4 Å². The number of esters is 1. The summed E-state index contributed by atoms with van der Waals surface area (Å²) in [6.07, 6.45) is 1.59. The average molecular weight is 303 g/mol. The van der Waals surface area contributed by atoms with Crippen LogP contribution >= 0.6 is 0 Å². The first kappa shape index (κ1) is 18.0. The van der Waals surface area contributed by atoms with E-state index >= 15 is 0 Å². The van der Waals surface area contributed by atoms with Crippen molar-refractivity contribution >= 4 is 5.97 Å². The van der Waals surface area contributed by atoms with E-state index in [9.17, 15) is 10.1 Å². The number of hydrogen-bond acceptors (Lipinski definition) is 4. The van der Waals surface area contributed by atoms with Crippen molar-refractivity contribution in [2.24, 2.45) is 5.92 Å². The van der Waals surface area contributed by atoms with Crippen molar-refractivity contribution in [2.75, 3.05) is 13.7 Å². The molecule has 1 unspecified atom stereocenters. The Kier molecular flexibility index (Phi) is 6.91. The number of rotatable bonds is 8. The Balaban J connectivity index is 2.95. The normalized spacial score (nSPS) is 13.3. The molecule has 4 nitrogen and oxygen atoms in total. The molecule has 120 valence electrons. The minimum atomic E-state index is -0.624. The van der Waals surface area contributed by atoms with Gasteiger partial charge in [0.15, 0.2) is 0 Å². The first-order chi connectivity index (χ1) is 10.5. The molecule has 0 aliphatic heterocycles. The van der Waals surface area contributed by atoms with Crippen molar-refractivity contribution in [1.29, 1.82) is 5.26 Å². The zero-order valence-corrected chi connectivity index (χ0v) is 13.9. The first-order valence-corrected chi connectivity index (χ1v) is 7.71. The van der Waals surface area contributed by atoms with Gasteiger partial charge in [-0.25, -0.2) is 0 Å². The molecule has 0 aromatic heterocycles. The van der Waals surface area contributed by atoms with Crippen LogP contribution in [0.4, 0.5) is 0 Å². The van der Waals surface area contributed by atoms with Gasteiger partial charge in [0.05, 0.1) is 25.2 Å². The van der Waals surface area contributed by atoms with Crippen molar-refractivity contribution in [3.05, 3.63) is 29.8 Å². The fraction of sp³-hybridized carbons (Fsp3) is 0.556. The Labute approximate surface area is 133 Å². The lowest BCUT2D eigenvalue weighted by atomic mass is 9.69. The number of benzene rings is 1. The molecule has 0 bridgehead atoms. The molecule has 0 saturated carbocycles. The molecule has 0 spiro atoms. The van der Waals surface area contributed by atoms with E-state index in [0.29, 0.717) is 25.9 Å². The second kappa shape index (κ2) is 8.43. The van der Waals surface area contributed by atoms with Crippen LogP contribution in [-0.2, 0) is 14.9 Å². The fourth-order valence-corrected chi connectivity index (χ4v) is 2.66. The zero-order valence-electron chi connectivity index (χ0n) is 13.9. The van der Waals surface area contributed by atoms with Gasteiger partial charge in [0.1, 0.15) is 5.75 Å². The average Bonchev–Trinajstić information content (AvgIpc) is 2.51. The predicted octanol–water partition coefficient (Wildman–Crippen LogP) is 3.85. The van der Waals surface area contributed by atoms with Gasteiger partial charge < -0.3 is 9.47 Å². The summed E-state index contributed by atoms with van der Waals surface area (Å²) < 4.78 is 10.2. The summed E-state index contributed by atoms with van der Waals surface area (Å²) in [5, 5.41) is 9.83. The van der Waals surface area contributed by atoms with Crippen molar-refractivity contribution in [3.63, 3.8) is 0 Å². The van der Waals surface area contributed by atoms with E-state index < -0.39 is 5.41 Å². The van der Waals surface area contributed by atoms with E-state index in [4.69, 9.17) is 9.47 Å². The van der Waals surface area contributed by atoms with Crippen LogP contribution in [0.25, 0.3) is 0 Å². The Morgan fingerprint density at radius 1 is 1.41 bits per heavy atom. The third kappa shape index (κ3) is 4.24. The lowest BCUT2D eigenvalue weighted by molar-refractivity contribution is -0.143. The van der Waals surface area contributed by atoms with Crippen LogP contribution < -0.4 is 4.74 Å². The van der Waals surface area contributed by atoms with E-state index in [2.05, 4.69) is 6.07 Å². The summed E-state index contributed by atoms with van der Waals surface area (Å²) in [6, 6.07) is 10.1. The molecule has 0 fully saturated rings. The van der Waals surface area contributed by atoms with Crippen LogP contribution in [0, 0.1) is 17.2 Å². The van der Waals surface area contributed by atoms with Gasteiger partial charge in [0.2, 0.25) is 0 Å². The van der Waals surface area contributed by atoms with E-state index in [-0.39, 0.29) is 11.9 Å². The Hall–Kier alpha value is -2.02. The molecule has 1 rings (SSSR count). The van der Waals surface area contributed by atoms with Gasteiger partial charge in [0, 0.05) is 6.42 Å². The monoisotopic (exact) mass is 303 g/mol. The highest BCUT2D eigenvalue weighted by atomic mass is 16.5. The number of carbonyl (C=O) groups is 1. The van der Waals surface area contributed by atoms with Crippen LogP contribution in [0.15, 0.2) is 24.3 Å². The lowest BCUT2D eigenvalue weighted by Gasteiger charge is -2.31. The lowest BCUT2D eigenvalue weighted by Crippen LogP contribution is -2.31. The molecule has 0 radical (unpaired) electrons. The number of carbonyl (C=O) groups excluding carboxylic acids is 1. The van der Waals surface area contributed by atoms with E-state index in [1.165, 1.54) is 0 Å². The number of nitriles is 1. The molecule has 1 atom stereocenters. The van der Waals surface area contributed by atoms with Crippen molar-refractivity contribution in [3.8, 4) is 11.8 Å². The van der Waals surface area contributed by atoms with Gasteiger partial charge in [0.25, 0.3) is 0 Å². The first-order valence-electron chi connectivity index (χ1n) is 7.71. The summed E-state index contributed by atoms with van der Waals surface area (Å²) in [6.45, 7) is 6.25. The highest BCUT2D eigenvalue weighted by Crippen LogP contribution is 2.38. The smallest absolute Gasteiger partial charge is 0.305 e. The quantitative estimate of drug-likeness (QED) is 0.684. The molecule has 0 aliphatic carbocycles. The Bertz CT molecular complexity index is 533. The van der Waals surface area contributed by atoms with Crippen molar-refractivity contribution in [1.82, 2.24) is 0 Å². The van der Waals surface area contributed by atoms with Crippen LogP contribution in [0.1, 0.15) is 45.6 Å². The largest absolute Gasteiger partial charge is 0.497 e. The van der Waals surface area contributed by atoms with Crippen molar-refractivity contribution < 1.29 is 14.3 Å². The fourth-order valence-electron chi connectivity index (χ4n) is 2.66. The molecule has 0 saturated heterocycles. The minimum absolute atomic E-state index is 0.131. The molecular weight excluding hydrogens is 278 g/mol. The number of methoxy groups -OCH3 is 1. The van der Waals surface area contributed by atoms with Gasteiger partial charge in [-0.15, -0.1) is 0 Å². The molecule has 22 heavy (non-hydrogen) atoms. The third-order valence-electron chi connectivity index (χ3n) is 4.03. The van der Waals surface area contributed by atoms with Gasteiger partial charge in [-0.3, -0.25) is 4.79 Å². The second-order valence-corrected chi connectivity index (χ2v) is 5.63. The van der Waals surface area contributed by atoms with Crippen LogP contribution in [-0.4, -0.2) is 19.7 Å². The summed E-state index contributed by atoms with van der Waals surface area (Å²) in [7, 11) is 1.61. The topological polar surface area (TPSA) is 59.3 Å². The third-order valence-corrected chi connectivity index (χ3v) is 4.03. The second-order valence-electron chi connectivity index (χ2n) is 5.63. The Morgan fingerprint density at radius 3 is 2.68 bits per heavy atom. The van der Waals surface area contributed by atoms with Crippen LogP contribution in [0.3, 0.4) is 0 Å². The summed E-state index contributed by atoms with van der Waals surface area (Å²) in [5.74, 6) is 0.665. The summed E-state index contributed by atoms with van der Waals surface area (Å²) >= 11 is 0. The minimum Gasteiger partial charge on any atom is -0.497 e. The molecule has 1 aromatic rings. The molecule has 0 heterocycles. The van der Waals surface area contributed by atoms with E-state index in [1.807, 2.05) is 38.1 Å². The summed E-state index contributed by atoms with van der Waals surface area (Å²) in [5.41, 5.74) is 0.314. The molecule has 0 aliphatic rings. The van der Waals surface area contributed by atoms with Crippen LogP contribution in [0.2, 0.25) is 0 Å². The van der Waals surface area contributed by atoms with Crippen LogP contribution in [0.5, 0.6) is 5.75 Å². The highest BCUT2D eigenvalue weighted by molar-refractivity contribution is 5.69. The Morgan fingerprint density at radius 2 is 2.14 bits per heavy atom. The highest BCUT2D eigenvalue weighted by Gasteiger charge is 2.36. The van der Waals surface area contributed by atoms with Gasteiger partial charge in [-0.05, 0) is 43.4 Å². The number of hydrogen-bond donors (Lipinski definition) is 0. The van der Waals surface area contributed by atoms with E-state index in [0.717, 1.165) is 11.3 Å².